The van der Waals surface area contributed by atoms with Crippen molar-refractivity contribution in [3.05, 3.63) is 35.4 Å². The van der Waals surface area contributed by atoms with E-state index in [1.165, 1.54) is 0 Å². The minimum absolute atomic E-state index is 0.0262. The summed E-state index contributed by atoms with van der Waals surface area (Å²) in [5, 5.41) is 14.4. The molecule has 4 N–H and O–H groups in total. The smallest absolute Gasteiger partial charge is 0.251 e. The van der Waals surface area contributed by atoms with E-state index in [1.54, 1.807) is 24.3 Å². The van der Waals surface area contributed by atoms with Crippen LogP contribution in [0.3, 0.4) is 0 Å². The van der Waals surface area contributed by atoms with Gasteiger partial charge in [0, 0.05) is 17.7 Å². The summed E-state index contributed by atoms with van der Waals surface area (Å²) >= 11 is 0. The van der Waals surface area contributed by atoms with Gasteiger partial charge in [0.2, 0.25) is 0 Å². The first-order valence-electron chi connectivity index (χ1n) is 6.62. The number of amides is 1. The first-order chi connectivity index (χ1) is 9.25. The molecule has 110 valence electrons. The molecule has 0 saturated carbocycles. The van der Waals surface area contributed by atoms with Crippen LogP contribution in [0.2, 0.25) is 0 Å². The number of nitrogens with one attached hydrogen (secondary N) is 1. The summed E-state index contributed by atoms with van der Waals surface area (Å²) in [6.45, 7) is 9.19. The Morgan fingerprint density at radius 2 is 1.80 bits per heavy atom. The zero-order valence-electron chi connectivity index (χ0n) is 12.5. The van der Waals surface area contributed by atoms with Gasteiger partial charge in [0.15, 0.2) is 5.84 Å². The Bertz CT molecular complexity index is 487. The molecule has 0 saturated heterocycles. The van der Waals surface area contributed by atoms with Gasteiger partial charge in [-0.05, 0) is 23.5 Å². The number of carbonyl (C=O) groups is 1. The second-order valence-electron chi connectivity index (χ2n) is 6.04. The molecule has 1 unspecified atom stereocenters. The van der Waals surface area contributed by atoms with E-state index in [4.69, 9.17) is 10.9 Å². The highest BCUT2D eigenvalue weighted by molar-refractivity contribution is 5.99. The maximum absolute atomic E-state index is 12.0. The third-order valence-electron chi connectivity index (χ3n) is 3.60. The molecule has 1 aromatic rings. The lowest BCUT2D eigenvalue weighted by Gasteiger charge is -2.27. The molecule has 0 aliphatic heterocycles. The maximum atomic E-state index is 12.0. The number of carbonyl (C=O) groups excluding carboxylic acids is 1. The molecule has 0 aromatic heterocycles. The zero-order valence-corrected chi connectivity index (χ0v) is 12.5. The van der Waals surface area contributed by atoms with Crippen molar-refractivity contribution in [3.8, 4) is 0 Å². The van der Waals surface area contributed by atoms with Crippen molar-refractivity contribution >= 4 is 11.7 Å². The number of nitrogens with zero attached hydrogens (tertiary/aromatic N) is 1. The number of benzene rings is 1. The molecule has 0 bridgehead atoms. The molecule has 5 heteroatoms. The standard InChI is InChI=1S/C15H23N3O2/c1-10(15(2,3)4)9-17-14(19)12-7-5-11(6-8-12)13(16)18-20/h5-8,10,20H,9H2,1-4H3,(H2,16,18)(H,17,19). The van der Waals surface area contributed by atoms with E-state index in [0.717, 1.165) is 0 Å². The molecule has 5 nitrogen and oxygen atoms in total. The molecular formula is C15H23N3O2. The monoisotopic (exact) mass is 277 g/mol. The Morgan fingerprint density at radius 3 is 2.25 bits per heavy atom. The summed E-state index contributed by atoms with van der Waals surface area (Å²) in [7, 11) is 0. The van der Waals surface area contributed by atoms with Gasteiger partial charge >= 0.3 is 0 Å². The summed E-state index contributed by atoms with van der Waals surface area (Å²) in [4.78, 5) is 12.0. The number of nitrogens with two attached hydrogens (primary N) is 1. The molecule has 1 amide bonds. The molecule has 1 rings (SSSR count). The Hall–Kier alpha value is -2.04. The van der Waals surface area contributed by atoms with Gasteiger partial charge in [0.1, 0.15) is 0 Å². The van der Waals surface area contributed by atoms with Crippen LogP contribution in [-0.4, -0.2) is 23.5 Å². The van der Waals surface area contributed by atoms with Gasteiger partial charge in [-0.2, -0.15) is 0 Å². The van der Waals surface area contributed by atoms with E-state index in [1.807, 2.05) is 0 Å². The summed E-state index contributed by atoms with van der Waals surface area (Å²) < 4.78 is 0. The summed E-state index contributed by atoms with van der Waals surface area (Å²) in [5.41, 5.74) is 6.75. The summed E-state index contributed by atoms with van der Waals surface area (Å²) in [6, 6.07) is 6.61. The van der Waals surface area contributed by atoms with Crippen molar-refractivity contribution < 1.29 is 10.0 Å². The quantitative estimate of drug-likeness (QED) is 0.341. The molecule has 0 heterocycles. The molecule has 1 aromatic carbocycles. The van der Waals surface area contributed by atoms with Gasteiger partial charge in [-0.25, -0.2) is 0 Å². The fourth-order valence-electron chi connectivity index (χ4n) is 1.50. The second kappa shape index (κ2) is 6.41. The van der Waals surface area contributed by atoms with Crippen LogP contribution in [-0.2, 0) is 0 Å². The largest absolute Gasteiger partial charge is 0.409 e. The molecule has 1 atom stereocenters. The van der Waals surface area contributed by atoms with Crippen molar-refractivity contribution in [2.75, 3.05) is 6.54 Å². The minimum Gasteiger partial charge on any atom is -0.409 e. The van der Waals surface area contributed by atoms with E-state index in [0.29, 0.717) is 23.6 Å². The van der Waals surface area contributed by atoms with Gasteiger partial charge in [-0.3, -0.25) is 4.79 Å². The third-order valence-corrected chi connectivity index (χ3v) is 3.60. The first kappa shape index (κ1) is 16.0. The Morgan fingerprint density at radius 1 is 1.30 bits per heavy atom. The van der Waals surface area contributed by atoms with Crippen LogP contribution >= 0.6 is 0 Å². The number of amidine groups is 1. The lowest BCUT2D eigenvalue weighted by molar-refractivity contribution is 0.0937. The van der Waals surface area contributed by atoms with Crippen molar-refractivity contribution in [2.24, 2.45) is 22.2 Å². The minimum atomic E-state index is -0.118. The molecule has 0 spiro atoms. The molecule has 20 heavy (non-hydrogen) atoms. The number of hydrogen-bond acceptors (Lipinski definition) is 3. The van der Waals surface area contributed by atoms with E-state index in [9.17, 15) is 4.79 Å². The molecule has 0 aliphatic rings. The van der Waals surface area contributed by atoms with Crippen LogP contribution in [0.4, 0.5) is 0 Å². The maximum Gasteiger partial charge on any atom is 0.251 e. The Labute approximate surface area is 119 Å². The van der Waals surface area contributed by atoms with Gasteiger partial charge in [-0.1, -0.05) is 45.0 Å². The highest BCUT2D eigenvalue weighted by atomic mass is 16.4. The number of rotatable bonds is 4. The van der Waals surface area contributed by atoms with Crippen LogP contribution in [0, 0.1) is 11.3 Å². The van der Waals surface area contributed by atoms with Gasteiger partial charge in [0.05, 0.1) is 0 Å². The fourth-order valence-corrected chi connectivity index (χ4v) is 1.50. The second-order valence-corrected chi connectivity index (χ2v) is 6.04. The third kappa shape index (κ3) is 4.26. The van der Waals surface area contributed by atoms with Crippen molar-refractivity contribution in [2.45, 2.75) is 27.7 Å². The van der Waals surface area contributed by atoms with E-state index in [2.05, 4.69) is 38.2 Å². The van der Waals surface area contributed by atoms with E-state index in [-0.39, 0.29) is 17.2 Å². The number of hydrogen-bond donors (Lipinski definition) is 3. The van der Waals surface area contributed by atoms with Crippen molar-refractivity contribution in [1.29, 1.82) is 0 Å². The van der Waals surface area contributed by atoms with Crippen LogP contribution in [0.25, 0.3) is 0 Å². The van der Waals surface area contributed by atoms with E-state index >= 15 is 0 Å². The number of oxime groups is 1. The first-order valence-corrected chi connectivity index (χ1v) is 6.62. The van der Waals surface area contributed by atoms with Crippen LogP contribution in [0.15, 0.2) is 29.4 Å². The van der Waals surface area contributed by atoms with E-state index < -0.39 is 0 Å². The highest BCUT2D eigenvalue weighted by Crippen LogP contribution is 2.24. The van der Waals surface area contributed by atoms with Crippen molar-refractivity contribution in [1.82, 2.24) is 5.32 Å². The molecule has 0 radical (unpaired) electrons. The zero-order chi connectivity index (χ0) is 15.3. The average molecular weight is 277 g/mol. The van der Waals surface area contributed by atoms with Crippen LogP contribution in [0.5, 0.6) is 0 Å². The lowest BCUT2D eigenvalue weighted by Crippen LogP contribution is -2.33. The van der Waals surface area contributed by atoms with Crippen molar-refractivity contribution in [3.63, 3.8) is 0 Å². The normalized spacial score (nSPS) is 13.9. The molecule has 0 aliphatic carbocycles. The summed E-state index contributed by atoms with van der Waals surface area (Å²) in [5.74, 6) is 0.286. The van der Waals surface area contributed by atoms with Gasteiger partial charge in [0.25, 0.3) is 5.91 Å². The molecular weight excluding hydrogens is 254 g/mol. The summed E-state index contributed by atoms with van der Waals surface area (Å²) in [6.07, 6.45) is 0. The van der Waals surface area contributed by atoms with Crippen LogP contribution in [0.1, 0.15) is 43.6 Å². The predicted octanol–water partition coefficient (Wildman–Crippen LogP) is 2.19. The average Bonchev–Trinajstić information content (AvgIpc) is 2.42. The predicted molar refractivity (Wildman–Crippen MR) is 79.9 cm³/mol. The highest BCUT2D eigenvalue weighted by Gasteiger charge is 2.20. The Kier molecular flexibility index (Phi) is 5.13. The van der Waals surface area contributed by atoms with Gasteiger partial charge in [-0.15, -0.1) is 0 Å². The fraction of sp³-hybridized carbons (Fsp3) is 0.467. The SMILES string of the molecule is CC(CNC(=O)c1ccc(/C(N)=N/O)cc1)C(C)(C)C. The van der Waals surface area contributed by atoms with Gasteiger partial charge < -0.3 is 16.3 Å². The lowest BCUT2D eigenvalue weighted by atomic mass is 9.82. The van der Waals surface area contributed by atoms with Crippen LogP contribution < -0.4 is 11.1 Å². The topological polar surface area (TPSA) is 87.7 Å². The Balaban J connectivity index is 2.65. The molecule has 0 fully saturated rings.